The summed E-state index contributed by atoms with van der Waals surface area (Å²) in [5.74, 6) is 1.42. The number of thiol groups is 2. The Hall–Kier alpha value is -1.66. The normalized spacial score (nSPS) is 11.1. The predicted molar refractivity (Wildman–Crippen MR) is 93.4 cm³/mol. The second-order valence-electron chi connectivity index (χ2n) is 4.70. The zero-order chi connectivity index (χ0) is 15.3. The van der Waals surface area contributed by atoms with Gasteiger partial charge in [-0.15, -0.1) is 0 Å². The van der Waals surface area contributed by atoms with Gasteiger partial charge >= 0.3 is 0 Å². The van der Waals surface area contributed by atoms with Gasteiger partial charge in [0.1, 0.15) is 28.8 Å². The van der Waals surface area contributed by atoms with E-state index in [2.05, 4.69) is 25.3 Å². The minimum atomic E-state index is -0.719. The molecule has 2 rings (SSSR count). The van der Waals surface area contributed by atoms with Crippen LogP contribution in [0.2, 0.25) is 0 Å². The predicted octanol–water partition coefficient (Wildman–Crippen LogP) is 2.86. The van der Waals surface area contributed by atoms with Crippen LogP contribution in [0, 0.1) is 0 Å². The Balaban J connectivity index is 1.83. The molecule has 0 aromatic heterocycles. The highest BCUT2D eigenvalue weighted by molar-refractivity contribution is 8.00. The first-order valence-corrected chi connectivity index (χ1v) is 7.25. The molecule has 0 aliphatic carbocycles. The zero-order valence-corrected chi connectivity index (χ0v) is 13.2. The minimum absolute atomic E-state index is 0.290. The van der Waals surface area contributed by atoms with Crippen molar-refractivity contribution < 1.29 is 9.47 Å². The highest BCUT2D eigenvalue weighted by Gasteiger charge is 2.23. The molecule has 0 saturated heterocycles. The SMILES string of the molecule is Nc1ccc(OCC(S)(S)COc2ccc(N)cc2)cc1. The maximum Gasteiger partial charge on any atom is 0.123 e. The van der Waals surface area contributed by atoms with E-state index in [0.717, 1.165) is 0 Å². The third-order valence-corrected chi connectivity index (χ3v) is 3.22. The molecule has 0 bridgehead atoms. The van der Waals surface area contributed by atoms with Gasteiger partial charge in [0, 0.05) is 11.4 Å². The molecule has 0 unspecified atom stereocenters. The van der Waals surface area contributed by atoms with Gasteiger partial charge in [-0.25, -0.2) is 0 Å². The summed E-state index contributed by atoms with van der Waals surface area (Å²) in [7, 11) is 0. The van der Waals surface area contributed by atoms with Gasteiger partial charge in [-0.3, -0.25) is 0 Å². The smallest absolute Gasteiger partial charge is 0.123 e. The van der Waals surface area contributed by atoms with Crippen LogP contribution < -0.4 is 20.9 Å². The fourth-order valence-electron chi connectivity index (χ4n) is 1.57. The third kappa shape index (κ3) is 5.32. The Morgan fingerprint density at radius 1 is 0.714 bits per heavy atom. The quantitative estimate of drug-likeness (QED) is 0.375. The molecule has 0 atom stereocenters. The molecule has 6 heteroatoms. The molecule has 4 N–H and O–H groups in total. The van der Waals surface area contributed by atoms with Crippen molar-refractivity contribution >= 4 is 36.6 Å². The average Bonchev–Trinajstić information content (AvgIpc) is 2.46. The number of hydrogen-bond acceptors (Lipinski definition) is 6. The van der Waals surface area contributed by atoms with E-state index in [9.17, 15) is 0 Å². The van der Waals surface area contributed by atoms with E-state index in [1.165, 1.54) is 0 Å². The molecule has 0 spiro atoms. The molecular formula is C15H18N2O2S2. The van der Waals surface area contributed by atoms with E-state index in [1.807, 2.05) is 0 Å². The molecular weight excluding hydrogens is 304 g/mol. The zero-order valence-electron chi connectivity index (χ0n) is 11.4. The van der Waals surface area contributed by atoms with Gasteiger partial charge in [-0.1, -0.05) is 0 Å². The van der Waals surface area contributed by atoms with Crippen molar-refractivity contribution in [3.05, 3.63) is 48.5 Å². The van der Waals surface area contributed by atoms with E-state index in [-0.39, 0.29) is 13.2 Å². The van der Waals surface area contributed by atoms with Crippen LogP contribution in [0.1, 0.15) is 0 Å². The summed E-state index contributed by atoms with van der Waals surface area (Å²) < 4.78 is 10.5. The van der Waals surface area contributed by atoms with Crippen molar-refractivity contribution in [3.8, 4) is 11.5 Å². The van der Waals surface area contributed by atoms with E-state index in [1.54, 1.807) is 48.5 Å². The number of nitrogens with two attached hydrogens (primary N) is 2. The summed E-state index contributed by atoms with van der Waals surface area (Å²) in [6.45, 7) is 0.580. The summed E-state index contributed by atoms with van der Waals surface area (Å²) in [5, 5.41) is 0. The number of rotatable bonds is 6. The molecule has 0 radical (unpaired) electrons. The van der Waals surface area contributed by atoms with Crippen molar-refractivity contribution in [2.24, 2.45) is 0 Å². The lowest BCUT2D eigenvalue weighted by molar-refractivity contribution is 0.243. The van der Waals surface area contributed by atoms with Crippen molar-refractivity contribution in [1.29, 1.82) is 0 Å². The summed E-state index contributed by atoms with van der Waals surface area (Å²) in [6.07, 6.45) is 0. The second-order valence-corrected chi connectivity index (χ2v) is 6.76. The average molecular weight is 322 g/mol. The van der Waals surface area contributed by atoms with E-state index < -0.39 is 4.08 Å². The van der Waals surface area contributed by atoms with Crippen molar-refractivity contribution in [1.82, 2.24) is 0 Å². The van der Waals surface area contributed by atoms with Gasteiger partial charge in [0.25, 0.3) is 0 Å². The molecule has 112 valence electrons. The van der Waals surface area contributed by atoms with Crippen LogP contribution in [0.5, 0.6) is 11.5 Å². The van der Waals surface area contributed by atoms with Gasteiger partial charge < -0.3 is 20.9 Å². The summed E-state index contributed by atoms with van der Waals surface area (Å²) in [5.41, 5.74) is 12.6. The number of hydrogen-bond donors (Lipinski definition) is 4. The largest absolute Gasteiger partial charge is 0.491 e. The van der Waals surface area contributed by atoms with Crippen LogP contribution in [0.15, 0.2) is 48.5 Å². The van der Waals surface area contributed by atoms with E-state index >= 15 is 0 Å². The monoisotopic (exact) mass is 322 g/mol. The molecule has 0 saturated carbocycles. The van der Waals surface area contributed by atoms with Crippen LogP contribution in [-0.4, -0.2) is 17.3 Å². The molecule has 0 aliphatic heterocycles. The Kier molecular flexibility index (Phi) is 5.14. The summed E-state index contributed by atoms with van der Waals surface area (Å²) >= 11 is 8.91. The number of nitrogen functional groups attached to an aromatic ring is 2. The maximum atomic E-state index is 5.62. The lowest BCUT2D eigenvalue weighted by Gasteiger charge is -2.23. The number of ether oxygens (including phenoxy) is 2. The highest BCUT2D eigenvalue weighted by atomic mass is 32.2. The molecule has 2 aromatic rings. The van der Waals surface area contributed by atoms with E-state index in [0.29, 0.717) is 22.9 Å². The van der Waals surface area contributed by atoms with Crippen LogP contribution in [-0.2, 0) is 0 Å². The maximum absolute atomic E-state index is 5.62. The van der Waals surface area contributed by atoms with Gasteiger partial charge in [-0.2, -0.15) is 25.3 Å². The van der Waals surface area contributed by atoms with Gasteiger partial charge in [0.2, 0.25) is 0 Å². The first-order valence-electron chi connectivity index (χ1n) is 6.36. The lowest BCUT2D eigenvalue weighted by atomic mass is 10.3. The number of benzene rings is 2. The fourth-order valence-corrected chi connectivity index (χ4v) is 1.83. The molecule has 0 aliphatic rings. The van der Waals surface area contributed by atoms with E-state index in [4.69, 9.17) is 20.9 Å². The molecule has 4 nitrogen and oxygen atoms in total. The van der Waals surface area contributed by atoms with Gasteiger partial charge in [0.15, 0.2) is 0 Å². The van der Waals surface area contributed by atoms with Crippen molar-refractivity contribution in [3.63, 3.8) is 0 Å². The first-order chi connectivity index (χ1) is 9.94. The Bertz CT molecular complexity index is 520. The first kappa shape index (κ1) is 15.7. The Labute approximate surface area is 135 Å². The molecule has 2 aromatic carbocycles. The van der Waals surface area contributed by atoms with Crippen LogP contribution in [0.25, 0.3) is 0 Å². The van der Waals surface area contributed by atoms with Crippen molar-refractivity contribution in [2.45, 2.75) is 4.08 Å². The van der Waals surface area contributed by atoms with Gasteiger partial charge in [0.05, 0.1) is 0 Å². The summed E-state index contributed by atoms with van der Waals surface area (Å²) in [4.78, 5) is 0. The molecule has 0 fully saturated rings. The van der Waals surface area contributed by atoms with Crippen molar-refractivity contribution in [2.75, 3.05) is 24.7 Å². The standard InChI is InChI=1S/C15H18N2O2S2/c16-11-1-5-13(6-2-11)18-9-15(20,21)10-19-14-7-3-12(17)4-8-14/h1-8,20-21H,9-10,16-17H2. The molecule has 21 heavy (non-hydrogen) atoms. The summed E-state index contributed by atoms with van der Waals surface area (Å²) in [6, 6.07) is 14.3. The van der Waals surface area contributed by atoms with Gasteiger partial charge in [-0.05, 0) is 48.5 Å². The second kappa shape index (κ2) is 6.87. The Morgan fingerprint density at radius 2 is 1.05 bits per heavy atom. The molecule has 0 amide bonds. The highest BCUT2D eigenvalue weighted by Crippen LogP contribution is 2.24. The molecule has 0 heterocycles. The topological polar surface area (TPSA) is 70.5 Å². The number of anilines is 2. The Morgan fingerprint density at radius 3 is 1.38 bits per heavy atom. The fraction of sp³-hybridized carbons (Fsp3) is 0.200. The van der Waals surface area contributed by atoms with Crippen LogP contribution >= 0.6 is 25.3 Å². The van der Waals surface area contributed by atoms with Crippen LogP contribution in [0.4, 0.5) is 11.4 Å². The minimum Gasteiger partial charge on any atom is -0.491 e. The third-order valence-electron chi connectivity index (χ3n) is 2.70. The lowest BCUT2D eigenvalue weighted by Crippen LogP contribution is -2.30. The van der Waals surface area contributed by atoms with Crippen LogP contribution in [0.3, 0.4) is 0 Å².